The van der Waals surface area contributed by atoms with Crippen LogP contribution >= 0.6 is 0 Å². The standard InChI is InChI=1S/C27H41N/c1-10-14-18-25(16-12-3)21(6)20(5)22(7)27(23(8)24(9)28)26(17-13-4)19-15-11-2/h10-24,27H,1-4,28H2,5-9H3/b18-14-,19-15-,25-16+,26-17+. The lowest BCUT2D eigenvalue weighted by atomic mass is 9.67. The molecule has 0 bridgehead atoms. The molecule has 0 amide bonds. The van der Waals surface area contributed by atoms with Crippen LogP contribution in [0.15, 0.2) is 98.2 Å². The van der Waals surface area contributed by atoms with E-state index in [0.29, 0.717) is 29.6 Å². The number of allylic oxidation sites excluding steroid dienone is 12. The average Bonchev–Trinajstić information content (AvgIpc) is 2.67. The molecule has 6 unspecified atom stereocenters. The van der Waals surface area contributed by atoms with E-state index in [2.05, 4.69) is 85.2 Å². The Bertz CT molecular complexity index is 627. The van der Waals surface area contributed by atoms with E-state index in [0.717, 1.165) is 0 Å². The highest BCUT2D eigenvalue weighted by Crippen LogP contribution is 2.39. The van der Waals surface area contributed by atoms with Gasteiger partial charge in [0, 0.05) is 6.04 Å². The Kier molecular flexibility index (Phi) is 12.9. The van der Waals surface area contributed by atoms with Crippen molar-refractivity contribution in [2.24, 2.45) is 35.3 Å². The van der Waals surface area contributed by atoms with E-state index in [9.17, 15) is 0 Å². The van der Waals surface area contributed by atoms with Crippen LogP contribution in [0.1, 0.15) is 34.6 Å². The second-order valence-electron chi connectivity index (χ2n) is 7.75. The third-order valence-electron chi connectivity index (χ3n) is 5.96. The predicted octanol–water partition coefficient (Wildman–Crippen LogP) is 7.20. The topological polar surface area (TPSA) is 26.0 Å². The first-order valence-electron chi connectivity index (χ1n) is 10.3. The molecule has 1 nitrogen and oxygen atoms in total. The first-order chi connectivity index (χ1) is 13.3. The number of nitrogens with two attached hydrogens (primary N) is 1. The van der Waals surface area contributed by atoms with E-state index in [4.69, 9.17) is 5.73 Å². The van der Waals surface area contributed by atoms with Crippen molar-refractivity contribution in [2.45, 2.75) is 40.7 Å². The molecule has 28 heavy (non-hydrogen) atoms. The molecule has 2 N–H and O–H groups in total. The summed E-state index contributed by atoms with van der Waals surface area (Å²) in [6, 6.07) is 0.101. The molecule has 1 heteroatoms. The van der Waals surface area contributed by atoms with Crippen molar-refractivity contribution in [2.75, 3.05) is 0 Å². The van der Waals surface area contributed by atoms with Crippen molar-refractivity contribution in [1.82, 2.24) is 0 Å². The van der Waals surface area contributed by atoms with Crippen LogP contribution in [0.2, 0.25) is 0 Å². The minimum Gasteiger partial charge on any atom is -0.328 e. The normalized spacial score (nSPS) is 19.6. The van der Waals surface area contributed by atoms with Gasteiger partial charge in [-0.1, -0.05) is 115 Å². The van der Waals surface area contributed by atoms with Gasteiger partial charge in [-0.15, -0.1) is 0 Å². The highest BCUT2D eigenvalue weighted by atomic mass is 14.6. The molecule has 0 aromatic heterocycles. The van der Waals surface area contributed by atoms with Crippen molar-refractivity contribution >= 4 is 0 Å². The summed E-state index contributed by atoms with van der Waals surface area (Å²) >= 11 is 0. The van der Waals surface area contributed by atoms with Crippen LogP contribution in [0, 0.1) is 29.6 Å². The summed E-state index contributed by atoms with van der Waals surface area (Å²) in [6.45, 7) is 26.7. The van der Waals surface area contributed by atoms with E-state index in [1.807, 2.05) is 36.5 Å². The molecule has 0 radical (unpaired) electrons. The minimum atomic E-state index is 0.101. The lowest BCUT2D eigenvalue weighted by molar-refractivity contribution is 0.186. The molecule has 0 aliphatic heterocycles. The number of hydrogen-bond donors (Lipinski definition) is 1. The van der Waals surface area contributed by atoms with E-state index in [1.54, 1.807) is 0 Å². The maximum atomic E-state index is 6.34. The van der Waals surface area contributed by atoms with Crippen LogP contribution in [0.5, 0.6) is 0 Å². The van der Waals surface area contributed by atoms with E-state index in [-0.39, 0.29) is 6.04 Å². The lowest BCUT2D eigenvalue weighted by Gasteiger charge is -2.38. The Labute approximate surface area is 174 Å². The molecule has 154 valence electrons. The molecule has 0 aromatic rings. The molecule has 0 saturated carbocycles. The van der Waals surface area contributed by atoms with Gasteiger partial charge in [0.2, 0.25) is 0 Å². The van der Waals surface area contributed by atoms with Crippen LogP contribution in [0.4, 0.5) is 0 Å². The van der Waals surface area contributed by atoms with Crippen molar-refractivity contribution in [3.63, 3.8) is 0 Å². The summed E-state index contributed by atoms with van der Waals surface area (Å²) in [5.41, 5.74) is 8.86. The Morgan fingerprint density at radius 3 is 1.54 bits per heavy atom. The fourth-order valence-electron chi connectivity index (χ4n) is 3.77. The quantitative estimate of drug-likeness (QED) is 0.336. The highest BCUT2D eigenvalue weighted by molar-refractivity contribution is 5.31. The predicted molar refractivity (Wildman–Crippen MR) is 129 cm³/mol. The van der Waals surface area contributed by atoms with Crippen LogP contribution in [0.3, 0.4) is 0 Å². The molecule has 0 spiro atoms. The molecule has 0 heterocycles. The van der Waals surface area contributed by atoms with Gasteiger partial charge in [-0.25, -0.2) is 0 Å². The van der Waals surface area contributed by atoms with Gasteiger partial charge in [0.15, 0.2) is 0 Å². The Morgan fingerprint density at radius 2 is 1.11 bits per heavy atom. The first-order valence-corrected chi connectivity index (χ1v) is 10.3. The van der Waals surface area contributed by atoms with Crippen LogP contribution in [0.25, 0.3) is 0 Å². The molecule has 0 rings (SSSR count). The average molecular weight is 380 g/mol. The van der Waals surface area contributed by atoms with E-state index in [1.165, 1.54) is 11.1 Å². The van der Waals surface area contributed by atoms with Crippen LogP contribution in [-0.4, -0.2) is 6.04 Å². The van der Waals surface area contributed by atoms with E-state index >= 15 is 0 Å². The molecule has 0 aromatic carbocycles. The van der Waals surface area contributed by atoms with Gasteiger partial charge in [0.05, 0.1) is 0 Å². The zero-order valence-electron chi connectivity index (χ0n) is 18.6. The van der Waals surface area contributed by atoms with Gasteiger partial charge < -0.3 is 5.73 Å². The van der Waals surface area contributed by atoms with Gasteiger partial charge in [-0.2, -0.15) is 0 Å². The summed E-state index contributed by atoms with van der Waals surface area (Å²) < 4.78 is 0. The van der Waals surface area contributed by atoms with Crippen LogP contribution in [-0.2, 0) is 0 Å². The number of hydrogen-bond acceptors (Lipinski definition) is 1. The van der Waals surface area contributed by atoms with Gasteiger partial charge in [-0.05, 0) is 47.7 Å². The zero-order valence-corrected chi connectivity index (χ0v) is 18.6. The summed E-state index contributed by atoms with van der Waals surface area (Å²) in [7, 11) is 0. The third kappa shape index (κ3) is 7.86. The van der Waals surface area contributed by atoms with Crippen LogP contribution < -0.4 is 5.73 Å². The summed E-state index contributed by atoms with van der Waals surface area (Å²) in [6.07, 6.45) is 19.8. The monoisotopic (exact) mass is 379 g/mol. The molecule has 6 atom stereocenters. The van der Waals surface area contributed by atoms with Gasteiger partial charge in [0.1, 0.15) is 0 Å². The Morgan fingerprint density at radius 1 is 0.643 bits per heavy atom. The molecule has 0 aliphatic rings. The highest BCUT2D eigenvalue weighted by Gasteiger charge is 2.33. The smallest absolute Gasteiger partial charge is 0.00420 e. The van der Waals surface area contributed by atoms with E-state index < -0.39 is 0 Å². The van der Waals surface area contributed by atoms with Crippen molar-refractivity contribution in [1.29, 1.82) is 0 Å². The molecular weight excluding hydrogens is 338 g/mol. The first kappa shape index (κ1) is 25.9. The summed E-state index contributed by atoms with van der Waals surface area (Å²) in [4.78, 5) is 0. The fourth-order valence-corrected chi connectivity index (χ4v) is 3.77. The van der Waals surface area contributed by atoms with Crippen molar-refractivity contribution in [3.8, 4) is 0 Å². The van der Waals surface area contributed by atoms with Gasteiger partial charge in [-0.3, -0.25) is 0 Å². The SMILES string of the molecule is C=C/C=C\C(=C/C=C)C(C)C(C)C(C)C(C(/C=C\C=C)=C/C=C)C(C)C(C)N. The van der Waals surface area contributed by atoms with Gasteiger partial charge >= 0.3 is 0 Å². The Hall–Kier alpha value is -2.12. The minimum absolute atomic E-state index is 0.101. The second kappa shape index (κ2) is 14.0. The Balaban J connectivity index is 6.06. The molecule has 0 saturated heterocycles. The summed E-state index contributed by atoms with van der Waals surface area (Å²) in [5.74, 6) is 1.89. The van der Waals surface area contributed by atoms with Crippen molar-refractivity contribution < 1.29 is 0 Å². The molecule has 0 aliphatic carbocycles. The third-order valence-corrected chi connectivity index (χ3v) is 5.96. The fraction of sp³-hybridized carbons (Fsp3) is 0.407. The maximum absolute atomic E-state index is 6.34. The summed E-state index contributed by atoms with van der Waals surface area (Å²) in [5, 5.41) is 0. The lowest BCUT2D eigenvalue weighted by Crippen LogP contribution is -2.37. The maximum Gasteiger partial charge on any atom is 0.00420 e. The zero-order chi connectivity index (χ0) is 21.7. The molecule has 0 fully saturated rings. The number of rotatable bonds is 13. The largest absolute Gasteiger partial charge is 0.328 e. The van der Waals surface area contributed by atoms with Gasteiger partial charge in [0.25, 0.3) is 0 Å². The second-order valence-corrected chi connectivity index (χ2v) is 7.75. The molecular formula is C27H41N. The van der Waals surface area contributed by atoms with Crippen molar-refractivity contribution in [3.05, 3.63) is 98.2 Å².